The fourth-order valence-corrected chi connectivity index (χ4v) is 3.28. The number of rotatable bonds is 2. The van der Waals surface area contributed by atoms with Crippen LogP contribution in [0.15, 0.2) is 29.1 Å². The van der Waals surface area contributed by atoms with Gasteiger partial charge in [-0.3, -0.25) is 14.2 Å². The molecule has 0 bridgehead atoms. The Morgan fingerprint density at radius 3 is 2.57 bits per heavy atom. The number of hydrogen-bond acceptors (Lipinski definition) is 3. The first-order valence-corrected chi connectivity index (χ1v) is 7.98. The van der Waals surface area contributed by atoms with E-state index in [1.165, 1.54) is 0 Å². The molecule has 0 aliphatic carbocycles. The SMILES string of the molecule is Cc1cc(=O)n([C@@H](C)C(=O)N2CCOCC2)c2c(C)cccc12. The Bertz CT molecular complexity index is 804. The number of aromatic nitrogens is 1. The molecule has 2 heterocycles. The highest BCUT2D eigenvalue weighted by Gasteiger charge is 2.26. The minimum Gasteiger partial charge on any atom is -0.378 e. The summed E-state index contributed by atoms with van der Waals surface area (Å²) >= 11 is 0. The quantitative estimate of drug-likeness (QED) is 0.852. The third-order valence-corrected chi connectivity index (χ3v) is 4.55. The summed E-state index contributed by atoms with van der Waals surface area (Å²) in [6, 6.07) is 7.05. The highest BCUT2D eigenvalue weighted by Crippen LogP contribution is 2.23. The molecule has 1 amide bonds. The van der Waals surface area contributed by atoms with Gasteiger partial charge in [-0.05, 0) is 31.9 Å². The molecule has 1 aromatic carbocycles. The molecule has 2 aromatic rings. The lowest BCUT2D eigenvalue weighted by atomic mass is 10.0. The topological polar surface area (TPSA) is 51.5 Å². The summed E-state index contributed by atoms with van der Waals surface area (Å²) in [6.07, 6.45) is 0. The molecular formula is C18H22N2O3. The fourth-order valence-electron chi connectivity index (χ4n) is 3.28. The Hall–Kier alpha value is -2.14. The molecule has 3 rings (SSSR count). The predicted molar refractivity (Wildman–Crippen MR) is 89.8 cm³/mol. The molecule has 1 atom stereocenters. The molecule has 0 spiro atoms. The standard InChI is InChI=1S/C18H22N2O3/c1-12-5-4-6-15-13(2)11-16(21)20(17(12)15)14(3)18(22)19-7-9-23-10-8-19/h4-6,11,14H,7-10H2,1-3H3/t14-/m0/s1. The van der Waals surface area contributed by atoms with Crippen LogP contribution in [0.2, 0.25) is 0 Å². The largest absolute Gasteiger partial charge is 0.378 e. The summed E-state index contributed by atoms with van der Waals surface area (Å²) in [5, 5.41) is 1.02. The molecule has 0 radical (unpaired) electrons. The summed E-state index contributed by atoms with van der Waals surface area (Å²) in [5.74, 6) is -0.0243. The number of hydrogen-bond donors (Lipinski definition) is 0. The zero-order valence-electron chi connectivity index (χ0n) is 13.8. The molecule has 122 valence electrons. The second-order valence-corrected chi connectivity index (χ2v) is 6.12. The van der Waals surface area contributed by atoms with Gasteiger partial charge in [0.2, 0.25) is 5.91 Å². The van der Waals surface area contributed by atoms with Crippen molar-refractivity contribution in [3.05, 3.63) is 45.7 Å². The average molecular weight is 314 g/mol. The normalized spacial score (nSPS) is 16.6. The highest BCUT2D eigenvalue weighted by molar-refractivity contribution is 5.88. The summed E-state index contributed by atoms with van der Waals surface area (Å²) in [6.45, 7) is 8.00. The van der Waals surface area contributed by atoms with Gasteiger partial charge >= 0.3 is 0 Å². The van der Waals surface area contributed by atoms with Crippen LogP contribution in [-0.2, 0) is 9.53 Å². The monoisotopic (exact) mass is 314 g/mol. The van der Waals surface area contributed by atoms with E-state index >= 15 is 0 Å². The molecule has 5 heteroatoms. The third kappa shape index (κ3) is 2.77. The molecule has 5 nitrogen and oxygen atoms in total. The van der Waals surface area contributed by atoms with Gasteiger partial charge < -0.3 is 9.64 Å². The summed E-state index contributed by atoms with van der Waals surface area (Å²) in [4.78, 5) is 27.2. The minimum absolute atomic E-state index is 0.0243. The first kappa shape index (κ1) is 15.7. The number of fused-ring (bicyclic) bond motifs is 1. The van der Waals surface area contributed by atoms with Crippen LogP contribution in [0.1, 0.15) is 24.1 Å². The van der Waals surface area contributed by atoms with E-state index in [1.54, 1.807) is 22.5 Å². The van der Waals surface area contributed by atoms with E-state index in [-0.39, 0.29) is 11.5 Å². The Morgan fingerprint density at radius 2 is 1.87 bits per heavy atom. The Kier molecular flexibility index (Phi) is 4.22. The number of morpholine rings is 1. The van der Waals surface area contributed by atoms with E-state index < -0.39 is 6.04 Å². The number of carbonyl (C=O) groups excluding carboxylic acids is 1. The molecule has 1 fully saturated rings. The van der Waals surface area contributed by atoms with E-state index in [1.807, 2.05) is 32.0 Å². The van der Waals surface area contributed by atoms with Crippen molar-refractivity contribution in [3.63, 3.8) is 0 Å². The second kappa shape index (κ2) is 6.16. The fraction of sp³-hybridized carbons (Fsp3) is 0.444. The van der Waals surface area contributed by atoms with Crippen molar-refractivity contribution in [1.29, 1.82) is 0 Å². The number of nitrogens with zero attached hydrogens (tertiary/aromatic N) is 2. The Morgan fingerprint density at radius 1 is 1.17 bits per heavy atom. The van der Waals surface area contributed by atoms with E-state index in [4.69, 9.17) is 4.74 Å². The van der Waals surface area contributed by atoms with Crippen LogP contribution in [0.4, 0.5) is 0 Å². The molecule has 1 aliphatic heterocycles. The van der Waals surface area contributed by atoms with Gasteiger partial charge in [-0.25, -0.2) is 0 Å². The first-order valence-electron chi connectivity index (χ1n) is 7.98. The second-order valence-electron chi connectivity index (χ2n) is 6.12. The van der Waals surface area contributed by atoms with Crippen LogP contribution < -0.4 is 5.56 Å². The van der Waals surface area contributed by atoms with Crippen LogP contribution >= 0.6 is 0 Å². The average Bonchev–Trinajstić information content (AvgIpc) is 2.55. The maximum absolute atomic E-state index is 12.8. The van der Waals surface area contributed by atoms with Gasteiger partial charge in [-0.1, -0.05) is 18.2 Å². The molecule has 1 aliphatic rings. The number of carbonyl (C=O) groups is 1. The van der Waals surface area contributed by atoms with Gasteiger partial charge in [0.1, 0.15) is 6.04 Å². The highest BCUT2D eigenvalue weighted by atomic mass is 16.5. The molecule has 1 aromatic heterocycles. The molecular weight excluding hydrogens is 292 g/mol. The lowest BCUT2D eigenvalue weighted by Crippen LogP contribution is -2.45. The number of ether oxygens (including phenoxy) is 1. The number of para-hydroxylation sites is 1. The summed E-state index contributed by atoms with van der Waals surface area (Å²) < 4.78 is 6.94. The number of benzene rings is 1. The first-order chi connectivity index (χ1) is 11.0. The Balaban J connectivity index is 2.11. The van der Waals surface area contributed by atoms with E-state index in [2.05, 4.69) is 0 Å². The molecule has 0 N–H and O–H groups in total. The molecule has 1 saturated heterocycles. The van der Waals surface area contributed by atoms with Gasteiger partial charge in [0.15, 0.2) is 0 Å². The third-order valence-electron chi connectivity index (χ3n) is 4.55. The van der Waals surface area contributed by atoms with Gasteiger partial charge in [0.25, 0.3) is 5.56 Å². The predicted octanol–water partition coefficient (Wildman–Crippen LogP) is 2.04. The van der Waals surface area contributed by atoms with Crippen LogP contribution in [-0.4, -0.2) is 41.7 Å². The minimum atomic E-state index is -0.523. The van der Waals surface area contributed by atoms with Crippen molar-refractivity contribution in [2.45, 2.75) is 26.8 Å². The lowest BCUT2D eigenvalue weighted by Gasteiger charge is -2.30. The van der Waals surface area contributed by atoms with E-state index in [0.717, 1.165) is 22.0 Å². The summed E-state index contributed by atoms with van der Waals surface area (Å²) in [7, 11) is 0. The number of pyridine rings is 1. The van der Waals surface area contributed by atoms with Gasteiger partial charge in [-0.15, -0.1) is 0 Å². The van der Waals surface area contributed by atoms with Crippen molar-refractivity contribution in [3.8, 4) is 0 Å². The van der Waals surface area contributed by atoms with Crippen molar-refractivity contribution in [2.75, 3.05) is 26.3 Å². The zero-order chi connectivity index (χ0) is 16.6. The van der Waals surface area contributed by atoms with E-state index in [9.17, 15) is 9.59 Å². The maximum Gasteiger partial charge on any atom is 0.252 e. The van der Waals surface area contributed by atoms with E-state index in [0.29, 0.717) is 26.3 Å². The van der Waals surface area contributed by atoms with Gasteiger partial charge in [0.05, 0.1) is 18.7 Å². The van der Waals surface area contributed by atoms with Crippen LogP contribution in [0, 0.1) is 13.8 Å². The smallest absolute Gasteiger partial charge is 0.252 e. The van der Waals surface area contributed by atoms with Crippen LogP contribution in [0.5, 0.6) is 0 Å². The van der Waals surface area contributed by atoms with Gasteiger partial charge in [0, 0.05) is 24.5 Å². The number of amides is 1. The van der Waals surface area contributed by atoms with Gasteiger partial charge in [-0.2, -0.15) is 0 Å². The van der Waals surface area contributed by atoms with Crippen LogP contribution in [0.3, 0.4) is 0 Å². The van der Waals surface area contributed by atoms with Crippen molar-refractivity contribution in [2.24, 2.45) is 0 Å². The Labute approximate surface area is 135 Å². The maximum atomic E-state index is 12.8. The van der Waals surface area contributed by atoms with Crippen LogP contribution in [0.25, 0.3) is 10.9 Å². The molecule has 23 heavy (non-hydrogen) atoms. The lowest BCUT2D eigenvalue weighted by molar-refractivity contribution is -0.138. The van der Waals surface area contributed by atoms with Crippen molar-refractivity contribution in [1.82, 2.24) is 9.47 Å². The molecule has 0 unspecified atom stereocenters. The van der Waals surface area contributed by atoms with Crippen molar-refractivity contribution < 1.29 is 9.53 Å². The zero-order valence-corrected chi connectivity index (χ0v) is 13.8. The van der Waals surface area contributed by atoms with Crippen molar-refractivity contribution >= 4 is 16.8 Å². The summed E-state index contributed by atoms with van der Waals surface area (Å²) in [5.41, 5.74) is 2.67. The molecule has 0 saturated carbocycles. The number of aryl methyl sites for hydroxylation is 2.